The number of hydrogen-bond donors (Lipinski definition) is 3. The zero-order valence-corrected chi connectivity index (χ0v) is 14.4. The molecule has 1 aliphatic heterocycles. The summed E-state index contributed by atoms with van der Waals surface area (Å²) in [5, 5.41) is 5.45. The van der Waals surface area contributed by atoms with E-state index in [1.54, 1.807) is 6.08 Å². The van der Waals surface area contributed by atoms with Gasteiger partial charge in [-0.15, -0.1) is 6.58 Å². The van der Waals surface area contributed by atoms with Gasteiger partial charge in [0.15, 0.2) is 5.16 Å². The maximum atomic E-state index is 13.0. The lowest BCUT2D eigenvalue weighted by Crippen LogP contribution is -2.36. The standard InChI is InChI=1S/C17H15FN4O3S/c1-2-7-26-17-21-14-13(16(25)22-17)11(8-12(23)20-14)15(24)19-10-5-3-9(18)4-6-10/h2-6,11H,1,7-8H2,(H,19,24)(H2,20,21,22,23,25)/t11-/m0/s1. The summed E-state index contributed by atoms with van der Waals surface area (Å²) in [7, 11) is 0. The molecule has 9 heteroatoms. The Balaban J connectivity index is 1.91. The maximum absolute atomic E-state index is 13.0. The molecule has 2 aromatic rings. The fraction of sp³-hybridized carbons (Fsp3) is 0.176. The van der Waals surface area contributed by atoms with E-state index in [-0.39, 0.29) is 17.8 Å². The number of amides is 2. The first-order valence-corrected chi connectivity index (χ1v) is 8.70. The van der Waals surface area contributed by atoms with Gasteiger partial charge in [0.2, 0.25) is 11.8 Å². The van der Waals surface area contributed by atoms with Gasteiger partial charge in [-0.3, -0.25) is 14.4 Å². The molecule has 26 heavy (non-hydrogen) atoms. The lowest BCUT2D eigenvalue weighted by atomic mass is 9.92. The minimum atomic E-state index is -0.987. The first-order chi connectivity index (χ1) is 12.5. The summed E-state index contributed by atoms with van der Waals surface area (Å²) in [5.41, 5.74) is -0.0144. The summed E-state index contributed by atoms with van der Waals surface area (Å²) in [6.07, 6.45) is 1.48. The Morgan fingerprint density at radius 1 is 1.38 bits per heavy atom. The van der Waals surface area contributed by atoms with Crippen molar-refractivity contribution in [3.63, 3.8) is 0 Å². The summed E-state index contributed by atoms with van der Waals surface area (Å²) in [4.78, 5) is 43.8. The van der Waals surface area contributed by atoms with Crippen LogP contribution in [0.4, 0.5) is 15.9 Å². The number of benzene rings is 1. The molecule has 0 bridgehead atoms. The van der Waals surface area contributed by atoms with Crippen molar-refractivity contribution in [3.8, 4) is 0 Å². The number of aromatic nitrogens is 2. The summed E-state index contributed by atoms with van der Waals surface area (Å²) in [6.45, 7) is 3.59. The van der Waals surface area contributed by atoms with Gasteiger partial charge in [0.25, 0.3) is 5.56 Å². The van der Waals surface area contributed by atoms with Crippen LogP contribution in [0.3, 0.4) is 0 Å². The van der Waals surface area contributed by atoms with Crippen molar-refractivity contribution in [3.05, 3.63) is 58.7 Å². The fourth-order valence-electron chi connectivity index (χ4n) is 2.54. The van der Waals surface area contributed by atoms with Crippen LogP contribution >= 0.6 is 11.8 Å². The first-order valence-electron chi connectivity index (χ1n) is 7.72. The predicted octanol–water partition coefficient (Wildman–Crippen LogP) is 2.25. The molecule has 3 rings (SSSR count). The van der Waals surface area contributed by atoms with Crippen LogP contribution in [0.2, 0.25) is 0 Å². The van der Waals surface area contributed by atoms with Gasteiger partial charge in [-0.1, -0.05) is 17.8 Å². The topological polar surface area (TPSA) is 104 Å². The third-order valence-electron chi connectivity index (χ3n) is 3.70. The molecule has 0 spiro atoms. The van der Waals surface area contributed by atoms with E-state index in [1.165, 1.54) is 36.0 Å². The van der Waals surface area contributed by atoms with E-state index in [0.717, 1.165) is 0 Å². The summed E-state index contributed by atoms with van der Waals surface area (Å²) >= 11 is 1.25. The molecule has 1 aliphatic rings. The van der Waals surface area contributed by atoms with Crippen LogP contribution in [0.5, 0.6) is 0 Å². The van der Waals surface area contributed by atoms with Crippen LogP contribution in [0.1, 0.15) is 17.9 Å². The number of carbonyl (C=O) groups is 2. The van der Waals surface area contributed by atoms with Gasteiger partial charge in [-0.05, 0) is 24.3 Å². The Hall–Kier alpha value is -2.94. The Kier molecular flexibility index (Phi) is 5.17. The molecule has 7 nitrogen and oxygen atoms in total. The van der Waals surface area contributed by atoms with Crippen LogP contribution in [0.15, 0.2) is 46.9 Å². The van der Waals surface area contributed by atoms with Gasteiger partial charge < -0.3 is 15.6 Å². The number of halogens is 1. The molecular weight excluding hydrogens is 359 g/mol. The van der Waals surface area contributed by atoms with Crippen molar-refractivity contribution in [2.75, 3.05) is 16.4 Å². The average molecular weight is 374 g/mol. The van der Waals surface area contributed by atoms with Crippen LogP contribution < -0.4 is 16.2 Å². The highest BCUT2D eigenvalue weighted by Crippen LogP contribution is 2.30. The average Bonchev–Trinajstić information content (AvgIpc) is 2.60. The molecular formula is C17H15FN4O3S. The van der Waals surface area contributed by atoms with E-state index >= 15 is 0 Å². The molecule has 0 fully saturated rings. The maximum Gasteiger partial charge on any atom is 0.257 e. The number of aromatic amines is 1. The molecule has 0 radical (unpaired) electrons. The molecule has 0 saturated carbocycles. The van der Waals surface area contributed by atoms with Gasteiger partial charge in [0.05, 0.1) is 11.5 Å². The second kappa shape index (κ2) is 7.52. The van der Waals surface area contributed by atoms with Crippen molar-refractivity contribution >= 4 is 35.1 Å². The summed E-state index contributed by atoms with van der Waals surface area (Å²) in [6, 6.07) is 5.20. The van der Waals surface area contributed by atoms with E-state index in [2.05, 4.69) is 27.2 Å². The molecule has 0 saturated heterocycles. The number of thioether (sulfide) groups is 1. The molecule has 0 unspecified atom stereocenters. The number of anilines is 2. The van der Waals surface area contributed by atoms with Crippen LogP contribution in [-0.4, -0.2) is 27.5 Å². The van der Waals surface area contributed by atoms with Crippen molar-refractivity contribution in [1.29, 1.82) is 0 Å². The molecule has 134 valence electrons. The SMILES string of the molecule is C=CCSc1nc2c(c(=O)[nH]1)[C@@H](C(=O)Nc1ccc(F)cc1)CC(=O)N2. The normalized spacial score (nSPS) is 15.7. The third-order valence-corrected chi connectivity index (χ3v) is 4.56. The highest BCUT2D eigenvalue weighted by molar-refractivity contribution is 7.99. The Morgan fingerprint density at radius 2 is 2.12 bits per heavy atom. The number of rotatable bonds is 5. The molecule has 1 aromatic heterocycles. The molecule has 1 atom stereocenters. The van der Waals surface area contributed by atoms with E-state index in [1.807, 2.05) is 0 Å². The van der Waals surface area contributed by atoms with Crippen molar-refractivity contribution < 1.29 is 14.0 Å². The predicted molar refractivity (Wildman–Crippen MR) is 96.8 cm³/mol. The molecule has 3 N–H and O–H groups in total. The number of carbonyl (C=O) groups excluding carboxylic acids is 2. The molecule has 1 aromatic carbocycles. The largest absolute Gasteiger partial charge is 0.326 e. The van der Waals surface area contributed by atoms with E-state index in [0.29, 0.717) is 16.6 Å². The number of nitrogens with zero attached hydrogens (tertiary/aromatic N) is 1. The second-order valence-electron chi connectivity index (χ2n) is 5.53. The number of H-pyrrole nitrogens is 1. The van der Waals surface area contributed by atoms with Gasteiger partial charge in [0, 0.05) is 17.9 Å². The Morgan fingerprint density at radius 3 is 2.81 bits per heavy atom. The monoisotopic (exact) mass is 374 g/mol. The van der Waals surface area contributed by atoms with Crippen LogP contribution in [0.25, 0.3) is 0 Å². The zero-order chi connectivity index (χ0) is 18.7. The molecule has 0 aliphatic carbocycles. The van der Waals surface area contributed by atoms with Gasteiger partial charge in [-0.25, -0.2) is 9.37 Å². The first kappa shape index (κ1) is 17.9. The van der Waals surface area contributed by atoms with Crippen molar-refractivity contribution in [1.82, 2.24) is 9.97 Å². The van der Waals surface area contributed by atoms with Gasteiger partial charge >= 0.3 is 0 Å². The molecule has 2 amide bonds. The Bertz CT molecular complexity index is 927. The third kappa shape index (κ3) is 3.83. The zero-order valence-electron chi connectivity index (χ0n) is 13.5. The lowest BCUT2D eigenvalue weighted by Gasteiger charge is -2.23. The van der Waals surface area contributed by atoms with E-state index in [4.69, 9.17) is 0 Å². The minimum absolute atomic E-state index is 0.0795. The summed E-state index contributed by atoms with van der Waals surface area (Å²) in [5.74, 6) is -1.75. The van der Waals surface area contributed by atoms with E-state index < -0.39 is 29.1 Å². The number of fused-ring (bicyclic) bond motifs is 1. The van der Waals surface area contributed by atoms with Crippen molar-refractivity contribution in [2.24, 2.45) is 0 Å². The minimum Gasteiger partial charge on any atom is -0.326 e. The summed E-state index contributed by atoms with van der Waals surface area (Å²) < 4.78 is 13.0. The van der Waals surface area contributed by atoms with Crippen LogP contribution in [0, 0.1) is 5.82 Å². The second-order valence-corrected chi connectivity index (χ2v) is 6.54. The highest BCUT2D eigenvalue weighted by Gasteiger charge is 2.34. The van der Waals surface area contributed by atoms with E-state index in [9.17, 15) is 18.8 Å². The van der Waals surface area contributed by atoms with Gasteiger partial charge in [0.1, 0.15) is 11.6 Å². The smallest absolute Gasteiger partial charge is 0.257 e. The quantitative estimate of drug-likeness (QED) is 0.423. The lowest BCUT2D eigenvalue weighted by molar-refractivity contribution is -0.123. The molecule has 2 heterocycles. The Labute approximate surface area is 152 Å². The van der Waals surface area contributed by atoms with Gasteiger partial charge in [-0.2, -0.15) is 0 Å². The van der Waals surface area contributed by atoms with Crippen molar-refractivity contribution in [2.45, 2.75) is 17.5 Å². The van der Waals surface area contributed by atoms with Crippen LogP contribution in [-0.2, 0) is 9.59 Å². The highest BCUT2D eigenvalue weighted by atomic mass is 32.2. The number of hydrogen-bond acceptors (Lipinski definition) is 5. The fourth-order valence-corrected chi connectivity index (χ4v) is 3.14. The number of nitrogens with one attached hydrogen (secondary N) is 3.